The Labute approximate surface area is 195 Å². The number of halogens is 3. The largest absolute Gasteiger partial charge is 0.393 e. The van der Waals surface area contributed by atoms with Crippen LogP contribution in [0.25, 0.3) is 16.9 Å². The van der Waals surface area contributed by atoms with E-state index in [-0.39, 0.29) is 6.42 Å². The third-order valence-electron chi connectivity index (χ3n) is 4.88. The molecule has 0 fully saturated rings. The summed E-state index contributed by atoms with van der Waals surface area (Å²) in [5.74, 6) is -0.444. The molecule has 0 saturated carbocycles. The number of Topliss-reactive ketones (excluding diaryl/α,β-unsaturated/α-hetero) is 1. The van der Waals surface area contributed by atoms with Crippen LogP contribution in [0.3, 0.4) is 0 Å². The molecule has 34 heavy (non-hydrogen) atoms. The maximum Gasteiger partial charge on any atom is 0.389 e. The fourth-order valence-electron chi connectivity index (χ4n) is 3.22. The van der Waals surface area contributed by atoms with E-state index in [1.165, 1.54) is 0 Å². The van der Waals surface area contributed by atoms with E-state index >= 15 is 0 Å². The van der Waals surface area contributed by atoms with E-state index in [0.29, 0.717) is 37.6 Å². The van der Waals surface area contributed by atoms with Crippen molar-refractivity contribution in [2.75, 3.05) is 33.5 Å². The lowest BCUT2D eigenvalue weighted by Gasteiger charge is -2.07. The molecule has 3 aromatic rings. The SMILES string of the molecule is COCCOCCON=Cc1ccn2c(-c3cccc(CC(=O)CCC(F)(F)F)c3)cnc2c1. The van der Waals surface area contributed by atoms with Gasteiger partial charge in [-0.05, 0) is 23.8 Å². The van der Waals surface area contributed by atoms with Gasteiger partial charge in [-0.25, -0.2) is 4.98 Å². The summed E-state index contributed by atoms with van der Waals surface area (Å²) in [6.07, 6.45) is -0.865. The molecule has 2 heterocycles. The van der Waals surface area contributed by atoms with Crippen molar-refractivity contribution < 1.29 is 32.3 Å². The van der Waals surface area contributed by atoms with Crippen LogP contribution in [0.5, 0.6) is 0 Å². The lowest BCUT2D eigenvalue weighted by Crippen LogP contribution is -2.12. The van der Waals surface area contributed by atoms with Crippen LogP contribution < -0.4 is 0 Å². The number of ether oxygens (including phenoxy) is 2. The summed E-state index contributed by atoms with van der Waals surface area (Å²) < 4.78 is 49.1. The van der Waals surface area contributed by atoms with Crippen molar-refractivity contribution >= 4 is 17.6 Å². The summed E-state index contributed by atoms with van der Waals surface area (Å²) >= 11 is 0. The second kappa shape index (κ2) is 12.3. The van der Waals surface area contributed by atoms with Crippen LogP contribution in [0.1, 0.15) is 24.0 Å². The van der Waals surface area contributed by atoms with Crippen LogP contribution in [0.4, 0.5) is 13.2 Å². The van der Waals surface area contributed by atoms with Gasteiger partial charge in [0.1, 0.15) is 18.0 Å². The van der Waals surface area contributed by atoms with Gasteiger partial charge in [-0.2, -0.15) is 13.2 Å². The number of benzene rings is 1. The zero-order valence-corrected chi connectivity index (χ0v) is 18.8. The normalized spacial score (nSPS) is 12.0. The highest BCUT2D eigenvalue weighted by molar-refractivity contribution is 5.82. The third-order valence-corrected chi connectivity index (χ3v) is 4.88. The lowest BCUT2D eigenvalue weighted by molar-refractivity contribution is -0.143. The third kappa shape index (κ3) is 7.96. The highest BCUT2D eigenvalue weighted by atomic mass is 19.4. The molecule has 0 bridgehead atoms. The van der Waals surface area contributed by atoms with Gasteiger partial charge in [0.15, 0.2) is 0 Å². The molecular weight excluding hydrogens is 451 g/mol. The van der Waals surface area contributed by atoms with Gasteiger partial charge in [-0.1, -0.05) is 23.4 Å². The quantitative estimate of drug-likeness (QED) is 0.206. The predicted octanol–water partition coefficient (Wildman–Crippen LogP) is 4.47. The van der Waals surface area contributed by atoms with Crippen molar-refractivity contribution in [1.29, 1.82) is 0 Å². The van der Waals surface area contributed by atoms with E-state index in [1.54, 1.807) is 37.7 Å². The zero-order valence-electron chi connectivity index (χ0n) is 18.8. The van der Waals surface area contributed by atoms with Crippen molar-refractivity contribution in [1.82, 2.24) is 9.38 Å². The van der Waals surface area contributed by atoms with E-state index in [1.807, 2.05) is 28.8 Å². The van der Waals surface area contributed by atoms with Gasteiger partial charge < -0.3 is 14.3 Å². The Morgan fingerprint density at radius 1 is 1.15 bits per heavy atom. The zero-order chi connectivity index (χ0) is 24.4. The first kappa shape index (κ1) is 25.4. The lowest BCUT2D eigenvalue weighted by atomic mass is 10.0. The van der Waals surface area contributed by atoms with Gasteiger partial charge in [0.2, 0.25) is 0 Å². The molecule has 182 valence electrons. The van der Waals surface area contributed by atoms with E-state index in [9.17, 15) is 18.0 Å². The molecule has 1 aromatic carbocycles. The number of methoxy groups -OCH3 is 1. The minimum absolute atomic E-state index is 0.0430. The molecule has 10 heteroatoms. The molecule has 0 unspecified atom stereocenters. The molecule has 0 amide bonds. The second-order valence-electron chi connectivity index (χ2n) is 7.54. The van der Waals surface area contributed by atoms with E-state index in [0.717, 1.165) is 16.8 Å². The molecule has 0 N–H and O–H groups in total. The molecule has 0 atom stereocenters. The number of oxime groups is 1. The van der Waals surface area contributed by atoms with E-state index < -0.39 is 24.8 Å². The number of imidazole rings is 1. The standard InChI is InChI=1S/C24H26F3N3O4/c1-32-9-10-33-11-12-34-29-16-19-6-8-30-22(17-28-23(30)15-19)20-4-2-3-18(13-20)14-21(31)5-7-24(25,26)27/h2-4,6,8,13,15-17H,5,7,9-12,14H2,1H3. The van der Waals surface area contributed by atoms with Crippen LogP contribution in [-0.2, 0) is 25.5 Å². The van der Waals surface area contributed by atoms with E-state index in [2.05, 4.69) is 10.1 Å². The van der Waals surface area contributed by atoms with Crippen LogP contribution in [0.2, 0.25) is 0 Å². The van der Waals surface area contributed by atoms with Gasteiger partial charge >= 0.3 is 6.18 Å². The van der Waals surface area contributed by atoms with Crippen LogP contribution in [0, 0.1) is 0 Å². The highest BCUT2D eigenvalue weighted by Crippen LogP contribution is 2.24. The first-order valence-corrected chi connectivity index (χ1v) is 10.7. The molecule has 0 aliphatic rings. The number of fused-ring (bicyclic) bond motifs is 1. The van der Waals surface area contributed by atoms with Crippen LogP contribution in [-0.4, -0.2) is 61.1 Å². The molecular formula is C24H26F3N3O4. The Balaban J connectivity index is 1.61. The number of nitrogens with zero attached hydrogens (tertiary/aromatic N) is 3. The molecule has 0 aliphatic carbocycles. The fraction of sp³-hybridized carbons (Fsp3) is 0.375. The molecule has 0 saturated heterocycles. The van der Waals surface area contributed by atoms with Crippen molar-refractivity contribution in [3.8, 4) is 11.3 Å². The van der Waals surface area contributed by atoms with Crippen molar-refractivity contribution in [3.63, 3.8) is 0 Å². The fourth-order valence-corrected chi connectivity index (χ4v) is 3.22. The van der Waals surface area contributed by atoms with Gasteiger partial charge in [0, 0.05) is 37.3 Å². The number of hydrogen-bond acceptors (Lipinski definition) is 6. The van der Waals surface area contributed by atoms with Crippen molar-refractivity contribution in [2.45, 2.75) is 25.4 Å². The second-order valence-corrected chi connectivity index (χ2v) is 7.54. The molecule has 0 spiro atoms. The topological polar surface area (TPSA) is 74.4 Å². The highest BCUT2D eigenvalue weighted by Gasteiger charge is 2.27. The average Bonchev–Trinajstić information content (AvgIpc) is 3.22. The van der Waals surface area contributed by atoms with Gasteiger partial charge in [-0.15, -0.1) is 0 Å². The minimum atomic E-state index is -4.33. The first-order chi connectivity index (χ1) is 16.4. The summed E-state index contributed by atoms with van der Waals surface area (Å²) in [6.45, 7) is 1.76. The Hall–Kier alpha value is -3.24. The summed E-state index contributed by atoms with van der Waals surface area (Å²) in [7, 11) is 1.61. The summed E-state index contributed by atoms with van der Waals surface area (Å²) in [5, 5.41) is 3.92. The summed E-state index contributed by atoms with van der Waals surface area (Å²) in [5.41, 5.74) is 3.76. The number of ketones is 1. The Bertz CT molecular complexity index is 1110. The number of carbonyl (C=O) groups excluding carboxylic acids is 1. The van der Waals surface area contributed by atoms with Gasteiger partial charge in [-0.3, -0.25) is 9.20 Å². The monoisotopic (exact) mass is 477 g/mol. The van der Waals surface area contributed by atoms with Crippen molar-refractivity contribution in [3.05, 3.63) is 59.9 Å². The van der Waals surface area contributed by atoms with Gasteiger partial charge in [0.25, 0.3) is 0 Å². The number of rotatable bonds is 13. The summed E-state index contributed by atoms with van der Waals surface area (Å²) in [4.78, 5) is 21.5. The molecule has 3 rings (SSSR count). The number of hydrogen-bond donors (Lipinski definition) is 0. The molecule has 0 radical (unpaired) electrons. The van der Waals surface area contributed by atoms with Crippen LogP contribution >= 0.6 is 0 Å². The number of alkyl halides is 3. The first-order valence-electron chi connectivity index (χ1n) is 10.7. The maximum atomic E-state index is 12.4. The van der Waals surface area contributed by atoms with Crippen molar-refractivity contribution in [2.24, 2.45) is 5.16 Å². The number of aromatic nitrogens is 2. The van der Waals surface area contributed by atoms with E-state index in [4.69, 9.17) is 14.3 Å². The molecule has 7 nitrogen and oxygen atoms in total. The Morgan fingerprint density at radius 3 is 2.76 bits per heavy atom. The smallest absolute Gasteiger partial charge is 0.389 e. The Kier molecular flexibility index (Phi) is 9.17. The molecule has 0 aliphatic heterocycles. The summed E-state index contributed by atoms with van der Waals surface area (Å²) in [6, 6.07) is 10.9. The number of pyridine rings is 1. The Morgan fingerprint density at radius 2 is 1.97 bits per heavy atom. The maximum absolute atomic E-state index is 12.4. The average molecular weight is 477 g/mol. The minimum Gasteiger partial charge on any atom is -0.393 e. The van der Waals surface area contributed by atoms with Gasteiger partial charge in [0.05, 0.1) is 44.3 Å². The predicted molar refractivity (Wildman–Crippen MR) is 121 cm³/mol. The molecule has 2 aromatic heterocycles. The number of carbonyl (C=O) groups is 1. The van der Waals surface area contributed by atoms with Crippen LogP contribution in [0.15, 0.2) is 53.9 Å².